The maximum Gasteiger partial charge on any atom is 0.495 e. The summed E-state index contributed by atoms with van der Waals surface area (Å²) in [6.45, 7) is 5.58. The van der Waals surface area contributed by atoms with Gasteiger partial charge in [-0.1, -0.05) is 12.1 Å². The molecule has 2 heterocycles. The van der Waals surface area contributed by atoms with Gasteiger partial charge in [0.2, 0.25) is 5.95 Å². The molecule has 18 heteroatoms. The fraction of sp³-hybridized carbons (Fsp3) is 0.452. The van der Waals surface area contributed by atoms with Gasteiger partial charge in [0.25, 0.3) is 0 Å². The monoisotopic (exact) mass is 707 g/mol. The summed E-state index contributed by atoms with van der Waals surface area (Å²) < 4.78 is 141. The van der Waals surface area contributed by atoms with Crippen LogP contribution in [0.2, 0.25) is 0 Å². The van der Waals surface area contributed by atoms with Gasteiger partial charge in [0, 0.05) is 19.5 Å². The van der Waals surface area contributed by atoms with Crippen molar-refractivity contribution in [2.75, 3.05) is 11.5 Å². The molecule has 0 radical (unpaired) electrons. The Labute approximate surface area is 275 Å². The van der Waals surface area contributed by atoms with Crippen LogP contribution in [0.4, 0.5) is 45.5 Å². The minimum atomic E-state index is -5.15. The Morgan fingerprint density at radius 1 is 0.816 bits per heavy atom. The van der Waals surface area contributed by atoms with Crippen molar-refractivity contribution in [2.45, 2.75) is 83.4 Å². The highest BCUT2D eigenvalue weighted by atomic mass is 19.4. The van der Waals surface area contributed by atoms with E-state index in [4.69, 9.17) is 19.2 Å². The number of carboxylic acids is 1. The van der Waals surface area contributed by atoms with Crippen LogP contribution in [0.15, 0.2) is 48.8 Å². The van der Waals surface area contributed by atoms with E-state index in [9.17, 15) is 44.3 Å². The van der Waals surface area contributed by atoms with Crippen molar-refractivity contribution in [2.24, 2.45) is 0 Å². The van der Waals surface area contributed by atoms with E-state index in [1.807, 2.05) is 0 Å². The molecule has 1 aromatic heterocycles. The molecule has 1 N–H and O–H groups in total. The van der Waals surface area contributed by atoms with Gasteiger partial charge in [0.1, 0.15) is 0 Å². The van der Waals surface area contributed by atoms with Gasteiger partial charge in [-0.3, -0.25) is 4.79 Å². The second kappa shape index (κ2) is 13.7. The second-order valence-electron chi connectivity index (χ2n) is 12.3. The number of benzene rings is 2. The van der Waals surface area contributed by atoms with E-state index in [0.29, 0.717) is 12.1 Å². The Morgan fingerprint density at radius 2 is 1.35 bits per heavy atom. The predicted molar refractivity (Wildman–Crippen MR) is 158 cm³/mol. The van der Waals surface area contributed by atoms with Crippen molar-refractivity contribution in [1.82, 2.24) is 9.97 Å². The molecule has 0 aliphatic carbocycles. The minimum Gasteiger partial charge on any atom is -0.490 e. The average molecular weight is 707 g/mol. The molecule has 1 fully saturated rings. The number of rotatable bonds is 11. The highest BCUT2D eigenvalue weighted by Crippen LogP contribution is 2.39. The Morgan fingerprint density at radius 3 is 1.84 bits per heavy atom. The first-order valence-electron chi connectivity index (χ1n) is 14.7. The molecule has 4 rings (SSSR count). The lowest BCUT2D eigenvalue weighted by Gasteiger charge is -2.32. The molecule has 1 aliphatic heterocycles. The number of anilines is 1. The Bertz CT molecular complexity index is 1600. The molecule has 1 saturated heterocycles. The molecule has 8 nitrogen and oxygen atoms in total. The van der Waals surface area contributed by atoms with Gasteiger partial charge in [-0.05, 0) is 75.0 Å². The number of ether oxygens (including phenoxy) is 1. The van der Waals surface area contributed by atoms with Crippen LogP contribution in [0.3, 0.4) is 0 Å². The molecule has 1 aliphatic rings. The molecule has 3 aromatic rings. The van der Waals surface area contributed by atoms with Crippen molar-refractivity contribution in [3.05, 3.63) is 76.6 Å². The Balaban J connectivity index is 1.80. The number of nitrogens with zero attached hydrogens (tertiary/aromatic N) is 3. The van der Waals surface area contributed by atoms with E-state index in [1.165, 1.54) is 0 Å². The molecule has 2 aromatic carbocycles. The highest BCUT2D eigenvalue weighted by molar-refractivity contribution is 6.62. The van der Waals surface area contributed by atoms with Gasteiger partial charge < -0.3 is 24.1 Å². The summed E-state index contributed by atoms with van der Waals surface area (Å²) in [5.41, 5.74) is -6.49. The van der Waals surface area contributed by atoms with Crippen LogP contribution in [-0.2, 0) is 45.7 Å². The number of carbonyl (C=O) groups is 1. The summed E-state index contributed by atoms with van der Waals surface area (Å²) in [7, 11) is -1.18. The van der Waals surface area contributed by atoms with Crippen LogP contribution >= 0.6 is 0 Å². The predicted octanol–water partition coefficient (Wildman–Crippen LogP) is 7.28. The van der Waals surface area contributed by atoms with Crippen LogP contribution in [0.5, 0.6) is 5.75 Å². The van der Waals surface area contributed by atoms with Gasteiger partial charge in [-0.25, -0.2) is 9.97 Å². The molecule has 0 saturated carbocycles. The van der Waals surface area contributed by atoms with Crippen molar-refractivity contribution < 1.29 is 63.5 Å². The number of hydrogen-bond acceptors (Lipinski definition) is 7. The summed E-state index contributed by atoms with van der Waals surface area (Å²) in [4.78, 5) is 20.1. The fourth-order valence-corrected chi connectivity index (χ4v) is 4.81. The largest absolute Gasteiger partial charge is 0.495 e. The molecule has 49 heavy (non-hydrogen) atoms. The minimum absolute atomic E-state index is 0.0369. The van der Waals surface area contributed by atoms with Crippen molar-refractivity contribution in [3.63, 3.8) is 0 Å². The maximum atomic E-state index is 13.9. The lowest BCUT2D eigenvalue weighted by atomic mass is 9.75. The lowest BCUT2D eigenvalue weighted by molar-refractivity contribution is -0.143. The molecule has 0 amide bonds. The summed E-state index contributed by atoms with van der Waals surface area (Å²) in [5, 5.41) is 8.79. The molecular formula is C31H31BF9N3O5. The Hall–Kier alpha value is -4.06. The number of carboxylic acid groups (broad SMARTS) is 1. The van der Waals surface area contributed by atoms with Gasteiger partial charge in [-0.2, -0.15) is 39.5 Å². The topological polar surface area (TPSA) is 94.0 Å². The van der Waals surface area contributed by atoms with Crippen LogP contribution < -0.4 is 15.1 Å². The fourth-order valence-electron chi connectivity index (χ4n) is 4.81. The first-order chi connectivity index (χ1) is 22.5. The third-order valence-electron chi connectivity index (χ3n) is 8.06. The number of aliphatic carboxylic acids is 1. The van der Waals surface area contributed by atoms with Crippen molar-refractivity contribution >= 4 is 24.5 Å². The first-order valence-corrected chi connectivity index (χ1v) is 14.7. The number of hydrogen-bond donors (Lipinski definition) is 1. The Kier molecular flexibility index (Phi) is 10.5. The first kappa shape index (κ1) is 37.8. The van der Waals surface area contributed by atoms with Crippen LogP contribution in [0, 0.1) is 0 Å². The van der Waals surface area contributed by atoms with E-state index in [0.717, 1.165) is 35.5 Å². The second-order valence-corrected chi connectivity index (χ2v) is 12.3. The average Bonchev–Trinajstić information content (AvgIpc) is 3.19. The highest BCUT2D eigenvalue weighted by Gasteiger charge is 2.52. The van der Waals surface area contributed by atoms with Gasteiger partial charge in [0.15, 0.2) is 5.75 Å². The SMILES string of the molecule is CC1(C)OB(c2ccc(C(F)(F)F)cc2CN(Cc2cc(C(F)(F)F)cc(C(F)(F)F)c2)c2ncc(OCCCC(=O)O)cn2)OC1(C)C. The lowest BCUT2D eigenvalue weighted by Crippen LogP contribution is -2.41. The van der Waals surface area contributed by atoms with Crippen LogP contribution in [0.25, 0.3) is 0 Å². The number of aromatic nitrogens is 2. The summed E-state index contributed by atoms with van der Waals surface area (Å²) in [6, 6.07) is 3.71. The van der Waals surface area contributed by atoms with E-state index >= 15 is 0 Å². The van der Waals surface area contributed by atoms with Crippen molar-refractivity contribution in [1.29, 1.82) is 0 Å². The third-order valence-corrected chi connectivity index (χ3v) is 8.06. The van der Waals surface area contributed by atoms with Crippen molar-refractivity contribution in [3.8, 4) is 5.75 Å². The maximum absolute atomic E-state index is 13.9. The van der Waals surface area contributed by atoms with E-state index in [2.05, 4.69) is 9.97 Å². The van der Waals surface area contributed by atoms with Gasteiger partial charge in [-0.15, -0.1) is 0 Å². The quantitative estimate of drug-likeness (QED) is 0.126. The smallest absolute Gasteiger partial charge is 0.490 e. The third kappa shape index (κ3) is 9.35. The zero-order valence-corrected chi connectivity index (χ0v) is 26.6. The molecule has 0 spiro atoms. The summed E-state index contributed by atoms with van der Waals surface area (Å²) in [6.07, 6.45) is -12.9. The summed E-state index contributed by atoms with van der Waals surface area (Å²) >= 11 is 0. The molecule has 0 unspecified atom stereocenters. The summed E-state index contributed by atoms with van der Waals surface area (Å²) in [5.74, 6) is -1.27. The van der Waals surface area contributed by atoms with Gasteiger partial charge >= 0.3 is 31.6 Å². The normalized spacial score (nSPS) is 16.1. The molecule has 0 bridgehead atoms. The molecule has 266 valence electrons. The van der Waals surface area contributed by atoms with Gasteiger partial charge in [0.05, 0.1) is 46.9 Å². The number of halogens is 9. The van der Waals surface area contributed by atoms with E-state index in [1.54, 1.807) is 27.7 Å². The molecular weight excluding hydrogens is 676 g/mol. The standard InChI is InChI=1S/C31H31BF9N3O5/c1-27(2)28(3,4)49-32(48-27)24-8-7-20(29(33,34)35)12-19(24)17-44(26-42-14-23(15-43-26)47-9-5-6-25(45)46)16-18-10-21(30(36,37)38)13-22(11-18)31(39,40)41/h7-8,10-15H,5-6,9,16-17H2,1-4H3,(H,45,46). The number of alkyl halides is 9. The zero-order chi connectivity index (χ0) is 36.6. The van der Waals surface area contributed by atoms with E-state index in [-0.39, 0.29) is 48.2 Å². The van der Waals surface area contributed by atoms with E-state index < -0.39 is 78.2 Å². The molecule has 0 atom stereocenters. The van der Waals surface area contributed by atoms with Crippen LogP contribution in [0.1, 0.15) is 68.4 Å². The zero-order valence-electron chi connectivity index (χ0n) is 26.6. The van der Waals surface area contributed by atoms with Crippen LogP contribution in [-0.4, -0.2) is 46.0 Å².